The predicted molar refractivity (Wildman–Crippen MR) is 97.8 cm³/mol. The number of nitro groups is 1. The number of pyridine rings is 1. The van der Waals surface area contributed by atoms with E-state index < -0.39 is 16.4 Å². The molecule has 0 saturated heterocycles. The number of carbonyl (C=O) groups is 1. The van der Waals surface area contributed by atoms with Gasteiger partial charge >= 0.3 is 0 Å². The highest BCUT2D eigenvalue weighted by molar-refractivity contribution is 5.75. The Morgan fingerprint density at radius 3 is 2.38 bits per heavy atom. The molecule has 1 atom stereocenters. The van der Waals surface area contributed by atoms with Gasteiger partial charge in [0, 0.05) is 24.7 Å². The summed E-state index contributed by atoms with van der Waals surface area (Å²) in [5.41, 5.74) is 7.44. The van der Waals surface area contributed by atoms with Crippen LogP contribution in [0.25, 0.3) is 0 Å². The van der Waals surface area contributed by atoms with Crippen LogP contribution >= 0.6 is 0 Å². The van der Waals surface area contributed by atoms with Crippen molar-refractivity contribution in [2.45, 2.75) is 32.4 Å². The number of amides is 1. The average molecular weight is 358 g/mol. The fourth-order valence-corrected chi connectivity index (χ4v) is 2.43. The largest absolute Gasteiger partial charge is 0.353 e. The van der Waals surface area contributed by atoms with Gasteiger partial charge in [0.2, 0.25) is 5.91 Å². The molecule has 26 heavy (non-hydrogen) atoms. The maximum absolute atomic E-state index is 12.0. The first-order valence-corrected chi connectivity index (χ1v) is 8.25. The van der Waals surface area contributed by atoms with Crippen molar-refractivity contribution < 1.29 is 9.72 Å². The summed E-state index contributed by atoms with van der Waals surface area (Å²) >= 11 is 0. The van der Waals surface area contributed by atoms with Crippen molar-refractivity contribution in [1.29, 1.82) is 0 Å². The highest BCUT2D eigenvalue weighted by Gasteiger charge is 2.12. The number of aromatic nitrogens is 1. The smallest absolute Gasteiger partial charge is 0.285 e. The van der Waals surface area contributed by atoms with E-state index in [0.717, 1.165) is 28.5 Å². The van der Waals surface area contributed by atoms with E-state index in [1.165, 1.54) is 5.56 Å². The Morgan fingerprint density at radius 1 is 1.19 bits per heavy atom. The highest BCUT2D eigenvalue weighted by atomic mass is 16.6. The lowest BCUT2D eigenvalue weighted by Crippen LogP contribution is -2.36. The first-order chi connectivity index (χ1) is 12.3. The van der Waals surface area contributed by atoms with E-state index in [1.54, 1.807) is 0 Å². The minimum absolute atomic E-state index is 0.198. The van der Waals surface area contributed by atoms with E-state index in [0.29, 0.717) is 5.92 Å². The molecule has 0 saturated carbocycles. The molecule has 0 aliphatic rings. The monoisotopic (exact) mass is 358 g/mol. The lowest BCUT2D eigenvalue weighted by Gasteiger charge is -2.15. The maximum Gasteiger partial charge on any atom is 0.285 e. The Bertz CT molecular complexity index is 843. The summed E-state index contributed by atoms with van der Waals surface area (Å²) in [6.45, 7) is 4.10. The van der Waals surface area contributed by atoms with E-state index in [-0.39, 0.29) is 24.8 Å². The molecule has 8 heteroatoms. The number of benzene rings is 1. The maximum atomic E-state index is 12.0. The first kappa shape index (κ1) is 19.3. The van der Waals surface area contributed by atoms with Crippen molar-refractivity contribution in [3.8, 4) is 0 Å². The zero-order valence-electron chi connectivity index (χ0n) is 14.7. The molecular weight excluding hydrogens is 336 g/mol. The molecular formula is C18H22N4O4. The molecule has 1 unspecified atom stereocenters. The van der Waals surface area contributed by atoms with Gasteiger partial charge in [0.1, 0.15) is 6.54 Å². The van der Waals surface area contributed by atoms with E-state index in [1.807, 2.05) is 24.3 Å². The molecule has 1 aromatic heterocycles. The molecule has 2 rings (SSSR count). The molecule has 0 fully saturated rings. The molecule has 1 amide bonds. The molecule has 0 aliphatic heterocycles. The standard InChI is InChI=1S/C18H22N4O4/c1-12(2)13-3-5-14(6-4-13)16(19)9-20-17(23)11-21-10-15(22(25)26)7-8-18(21)24/h3-8,10,12,16H,9,11,19H2,1-2H3,(H,20,23). The van der Waals surface area contributed by atoms with Crippen LogP contribution in [-0.2, 0) is 11.3 Å². The quantitative estimate of drug-likeness (QED) is 0.576. The van der Waals surface area contributed by atoms with Gasteiger partial charge in [-0.1, -0.05) is 38.1 Å². The number of carbonyl (C=O) groups excluding carboxylic acids is 1. The molecule has 0 spiro atoms. The predicted octanol–water partition coefficient (Wildman–Crippen LogP) is 1.70. The van der Waals surface area contributed by atoms with Crippen LogP contribution in [0, 0.1) is 10.1 Å². The molecule has 0 aliphatic carbocycles. The number of nitrogens with two attached hydrogens (primary N) is 1. The molecule has 0 radical (unpaired) electrons. The van der Waals surface area contributed by atoms with Crippen LogP contribution < -0.4 is 16.6 Å². The topological polar surface area (TPSA) is 120 Å². The molecule has 0 bridgehead atoms. The third-order valence-electron chi connectivity index (χ3n) is 4.04. The van der Waals surface area contributed by atoms with Gasteiger partial charge in [-0.05, 0) is 17.0 Å². The van der Waals surface area contributed by atoms with Gasteiger partial charge in [0.25, 0.3) is 11.2 Å². The van der Waals surface area contributed by atoms with Crippen molar-refractivity contribution in [3.63, 3.8) is 0 Å². The Balaban J connectivity index is 1.95. The fraction of sp³-hybridized carbons (Fsp3) is 0.333. The van der Waals surface area contributed by atoms with Gasteiger partial charge < -0.3 is 11.1 Å². The van der Waals surface area contributed by atoms with Gasteiger partial charge in [0.15, 0.2) is 0 Å². The lowest BCUT2D eigenvalue weighted by atomic mass is 9.99. The van der Waals surface area contributed by atoms with Gasteiger partial charge in [-0.25, -0.2) is 0 Å². The van der Waals surface area contributed by atoms with Gasteiger partial charge in [-0.3, -0.25) is 24.3 Å². The van der Waals surface area contributed by atoms with Crippen LogP contribution in [0.5, 0.6) is 0 Å². The normalized spacial score (nSPS) is 12.0. The summed E-state index contributed by atoms with van der Waals surface area (Å²) in [4.78, 5) is 33.9. The highest BCUT2D eigenvalue weighted by Crippen LogP contribution is 2.17. The van der Waals surface area contributed by atoms with Crippen molar-refractivity contribution in [2.75, 3.05) is 6.54 Å². The summed E-state index contributed by atoms with van der Waals surface area (Å²) in [6, 6.07) is 9.64. The van der Waals surface area contributed by atoms with Crippen molar-refractivity contribution in [2.24, 2.45) is 5.73 Å². The summed E-state index contributed by atoms with van der Waals surface area (Å²) in [6.07, 6.45) is 1.05. The average Bonchev–Trinajstić information content (AvgIpc) is 2.61. The van der Waals surface area contributed by atoms with E-state index >= 15 is 0 Å². The van der Waals surface area contributed by atoms with E-state index in [2.05, 4.69) is 19.2 Å². The van der Waals surface area contributed by atoms with Crippen molar-refractivity contribution in [3.05, 3.63) is 74.2 Å². The number of hydrogen-bond acceptors (Lipinski definition) is 5. The second kappa shape index (κ2) is 8.39. The zero-order valence-corrected chi connectivity index (χ0v) is 14.7. The summed E-state index contributed by atoms with van der Waals surface area (Å²) < 4.78 is 0.996. The third-order valence-corrected chi connectivity index (χ3v) is 4.04. The molecule has 2 aromatic rings. The summed E-state index contributed by atoms with van der Waals surface area (Å²) in [5.74, 6) is -0.0185. The molecule has 138 valence electrons. The Labute approximate surface area is 150 Å². The third kappa shape index (κ3) is 5.00. The SMILES string of the molecule is CC(C)c1ccc(C(N)CNC(=O)Cn2cc([N+](=O)[O-])ccc2=O)cc1. The van der Waals surface area contributed by atoms with E-state index in [9.17, 15) is 19.7 Å². The van der Waals surface area contributed by atoms with Crippen LogP contribution in [0.4, 0.5) is 5.69 Å². The Kier molecular flexibility index (Phi) is 6.24. The number of nitrogens with one attached hydrogen (secondary N) is 1. The zero-order chi connectivity index (χ0) is 19.3. The molecule has 1 aromatic carbocycles. The molecule has 1 heterocycles. The van der Waals surface area contributed by atoms with Crippen molar-refractivity contribution in [1.82, 2.24) is 9.88 Å². The first-order valence-electron chi connectivity index (χ1n) is 8.25. The second-order valence-corrected chi connectivity index (χ2v) is 6.34. The minimum atomic E-state index is -0.620. The van der Waals surface area contributed by atoms with Crippen LogP contribution in [0.3, 0.4) is 0 Å². The second-order valence-electron chi connectivity index (χ2n) is 6.34. The van der Waals surface area contributed by atoms with Gasteiger partial charge in [-0.15, -0.1) is 0 Å². The number of rotatable bonds is 7. The molecule has 8 nitrogen and oxygen atoms in total. The van der Waals surface area contributed by atoms with Crippen molar-refractivity contribution >= 4 is 11.6 Å². The van der Waals surface area contributed by atoms with Gasteiger partial charge in [-0.2, -0.15) is 0 Å². The number of hydrogen-bond donors (Lipinski definition) is 2. The van der Waals surface area contributed by atoms with Crippen LogP contribution in [-0.4, -0.2) is 21.9 Å². The summed E-state index contributed by atoms with van der Waals surface area (Å²) in [5, 5.41) is 13.4. The van der Waals surface area contributed by atoms with Crippen LogP contribution in [0.1, 0.15) is 36.9 Å². The van der Waals surface area contributed by atoms with Gasteiger partial charge in [0.05, 0.1) is 11.1 Å². The Hall–Kier alpha value is -3.00. The molecule has 3 N–H and O–H groups in total. The van der Waals surface area contributed by atoms with Crippen LogP contribution in [0.15, 0.2) is 47.4 Å². The lowest BCUT2D eigenvalue weighted by molar-refractivity contribution is -0.385. The fourth-order valence-electron chi connectivity index (χ4n) is 2.43. The minimum Gasteiger partial charge on any atom is -0.353 e. The number of nitrogens with zero attached hydrogens (tertiary/aromatic N) is 2. The Morgan fingerprint density at radius 2 is 1.81 bits per heavy atom. The van der Waals surface area contributed by atoms with E-state index in [4.69, 9.17) is 5.73 Å². The summed E-state index contributed by atoms with van der Waals surface area (Å²) in [7, 11) is 0. The van der Waals surface area contributed by atoms with Crippen LogP contribution in [0.2, 0.25) is 0 Å².